The third-order valence-corrected chi connectivity index (χ3v) is 4.61. The van der Waals surface area contributed by atoms with E-state index in [1.165, 1.54) is 49.7 Å². The first-order valence-electron chi connectivity index (χ1n) is 11.0. The molecule has 1 heterocycles. The van der Waals surface area contributed by atoms with E-state index in [9.17, 15) is 4.79 Å². The molecule has 1 N–H and O–H groups in total. The van der Waals surface area contributed by atoms with Crippen LogP contribution in [0, 0.1) is 12.8 Å². The number of ether oxygens (including phenoxy) is 2. The fourth-order valence-corrected chi connectivity index (χ4v) is 3.26. The number of amides is 1. The smallest absolute Gasteiger partial charge is 0.407 e. The predicted octanol–water partition coefficient (Wildman–Crippen LogP) is 6.05. The second-order valence-corrected chi connectivity index (χ2v) is 8.54. The highest BCUT2D eigenvalue weighted by Crippen LogP contribution is 2.26. The van der Waals surface area contributed by atoms with E-state index in [0.717, 1.165) is 12.5 Å². The van der Waals surface area contributed by atoms with Crippen molar-refractivity contribution in [1.82, 2.24) is 5.32 Å². The van der Waals surface area contributed by atoms with E-state index in [2.05, 4.69) is 36.5 Å². The number of nitrogens with one attached hydrogen (secondary N) is 1. The molecular weight excluding hydrogens is 350 g/mol. The summed E-state index contributed by atoms with van der Waals surface area (Å²) >= 11 is 0. The molecule has 1 atom stereocenters. The molecule has 1 saturated heterocycles. The summed E-state index contributed by atoms with van der Waals surface area (Å²) in [5.41, 5.74) is 2.52. The van der Waals surface area contributed by atoms with E-state index in [1.54, 1.807) is 0 Å². The quantitative estimate of drug-likeness (QED) is 0.635. The van der Waals surface area contributed by atoms with Crippen LogP contribution in [-0.4, -0.2) is 30.9 Å². The first-order chi connectivity index (χ1) is 13.3. The minimum atomic E-state index is -0.422. The van der Waals surface area contributed by atoms with Gasteiger partial charge < -0.3 is 14.8 Å². The van der Waals surface area contributed by atoms with Crippen LogP contribution in [0.1, 0.15) is 77.8 Å². The van der Waals surface area contributed by atoms with Crippen molar-refractivity contribution in [1.29, 1.82) is 0 Å². The molecule has 160 valence electrons. The van der Waals surface area contributed by atoms with Gasteiger partial charge in [-0.2, -0.15) is 0 Å². The molecule has 0 radical (unpaired) electrons. The molecule has 0 spiro atoms. The van der Waals surface area contributed by atoms with E-state index < -0.39 is 5.60 Å². The van der Waals surface area contributed by atoms with Gasteiger partial charge in [-0.3, -0.25) is 0 Å². The minimum Gasteiger partial charge on any atom is -0.444 e. The average molecular weight is 392 g/mol. The summed E-state index contributed by atoms with van der Waals surface area (Å²) in [6, 6.07) is 8.99. The zero-order valence-corrected chi connectivity index (χ0v) is 18.8. The Bertz CT molecular complexity index is 555. The van der Waals surface area contributed by atoms with Crippen molar-refractivity contribution in [3.05, 3.63) is 35.4 Å². The zero-order chi connectivity index (χ0) is 21.0. The molecule has 1 amide bonds. The molecule has 1 saturated carbocycles. The molecule has 28 heavy (non-hydrogen) atoms. The van der Waals surface area contributed by atoms with Gasteiger partial charge in [0.2, 0.25) is 0 Å². The summed E-state index contributed by atoms with van der Waals surface area (Å²) in [6.07, 6.45) is 8.41. The number of alkyl carbamates (subject to hydrolysis) is 1. The molecule has 1 aliphatic carbocycles. The van der Waals surface area contributed by atoms with Crippen molar-refractivity contribution in [2.24, 2.45) is 5.92 Å². The topological polar surface area (TPSA) is 50.9 Å². The molecule has 0 aromatic heterocycles. The van der Waals surface area contributed by atoms with Gasteiger partial charge in [-0.05, 0) is 45.6 Å². The van der Waals surface area contributed by atoms with Crippen LogP contribution < -0.4 is 5.32 Å². The Balaban J connectivity index is 0.000000260. The molecule has 1 aromatic rings. The Labute approximate surface area is 172 Å². The Morgan fingerprint density at radius 3 is 2.36 bits per heavy atom. The summed E-state index contributed by atoms with van der Waals surface area (Å²) in [5.74, 6) is 0.963. The van der Waals surface area contributed by atoms with Gasteiger partial charge in [-0.1, -0.05) is 75.8 Å². The average Bonchev–Trinajstić information content (AvgIpc) is 3.46. The molecule has 1 aliphatic heterocycles. The largest absolute Gasteiger partial charge is 0.444 e. The lowest BCUT2D eigenvalue weighted by molar-refractivity contribution is 0.0524. The van der Waals surface area contributed by atoms with Gasteiger partial charge in [-0.15, -0.1) is 0 Å². The van der Waals surface area contributed by atoms with Crippen molar-refractivity contribution < 1.29 is 14.3 Å². The first kappa shape index (κ1) is 24.5. The van der Waals surface area contributed by atoms with Crippen molar-refractivity contribution in [2.45, 2.75) is 91.8 Å². The second kappa shape index (κ2) is 12.8. The normalized spacial score (nSPS) is 18.7. The van der Waals surface area contributed by atoms with Crippen LogP contribution in [0.25, 0.3) is 0 Å². The number of rotatable bonds is 4. The number of hydrogen-bond donors (Lipinski definition) is 1. The van der Waals surface area contributed by atoms with Gasteiger partial charge in [0.05, 0.1) is 12.7 Å². The van der Waals surface area contributed by atoms with Crippen LogP contribution in [-0.2, 0) is 15.9 Å². The van der Waals surface area contributed by atoms with Crippen molar-refractivity contribution >= 4 is 6.09 Å². The number of benzene rings is 1. The number of carbonyl (C=O) groups excluding carboxylic acids is 1. The SMILES string of the molecule is CC.CC(C)(C)OC(=O)NC[C@H]1CO1.Cc1cccc(CC2CCCCC2)c1. The summed E-state index contributed by atoms with van der Waals surface area (Å²) in [6.45, 7) is 13.0. The Hall–Kier alpha value is -1.55. The van der Waals surface area contributed by atoms with Crippen LogP contribution in [0.15, 0.2) is 24.3 Å². The lowest BCUT2D eigenvalue weighted by atomic mass is 9.85. The summed E-state index contributed by atoms with van der Waals surface area (Å²) in [7, 11) is 0. The molecule has 3 rings (SSSR count). The monoisotopic (exact) mass is 391 g/mol. The van der Waals surface area contributed by atoms with Gasteiger partial charge in [0.1, 0.15) is 5.60 Å². The van der Waals surface area contributed by atoms with Crippen LogP contribution in [0.4, 0.5) is 4.79 Å². The highest BCUT2D eigenvalue weighted by atomic mass is 16.6. The molecule has 4 heteroatoms. The van der Waals surface area contributed by atoms with Gasteiger partial charge in [0.25, 0.3) is 0 Å². The Morgan fingerprint density at radius 2 is 1.82 bits per heavy atom. The van der Waals surface area contributed by atoms with Crippen LogP contribution in [0.5, 0.6) is 0 Å². The molecular formula is C24H41NO3. The maximum atomic E-state index is 11.0. The predicted molar refractivity (Wildman–Crippen MR) is 117 cm³/mol. The summed E-state index contributed by atoms with van der Waals surface area (Å²) in [5, 5.41) is 2.61. The van der Waals surface area contributed by atoms with Gasteiger partial charge >= 0.3 is 6.09 Å². The maximum Gasteiger partial charge on any atom is 0.407 e. The lowest BCUT2D eigenvalue weighted by Gasteiger charge is -2.21. The highest BCUT2D eigenvalue weighted by Gasteiger charge is 2.24. The van der Waals surface area contributed by atoms with E-state index in [0.29, 0.717) is 6.54 Å². The number of epoxide rings is 1. The van der Waals surface area contributed by atoms with E-state index in [-0.39, 0.29) is 12.2 Å². The van der Waals surface area contributed by atoms with Crippen molar-refractivity contribution in [3.8, 4) is 0 Å². The fraction of sp³-hybridized carbons (Fsp3) is 0.708. The van der Waals surface area contributed by atoms with Crippen LogP contribution in [0.3, 0.4) is 0 Å². The maximum absolute atomic E-state index is 11.0. The number of carbonyl (C=O) groups is 1. The molecule has 2 fully saturated rings. The fourth-order valence-electron chi connectivity index (χ4n) is 3.26. The van der Waals surface area contributed by atoms with E-state index in [1.807, 2.05) is 34.6 Å². The lowest BCUT2D eigenvalue weighted by Crippen LogP contribution is -2.34. The first-order valence-corrected chi connectivity index (χ1v) is 11.0. The summed E-state index contributed by atoms with van der Waals surface area (Å²) < 4.78 is 9.93. The molecule has 1 aromatic carbocycles. The van der Waals surface area contributed by atoms with E-state index >= 15 is 0 Å². The van der Waals surface area contributed by atoms with Crippen molar-refractivity contribution in [3.63, 3.8) is 0 Å². The van der Waals surface area contributed by atoms with Crippen molar-refractivity contribution in [2.75, 3.05) is 13.2 Å². The number of aryl methyl sites for hydroxylation is 1. The Kier molecular flexibility index (Phi) is 11.2. The van der Waals surface area contributed by atoms with Gasteiger partial charge in [-0.25, -0.2) is 4.79 Å². The summed E-state index contributed by atoms with van der Waals surface area (Å²) in [4.78, 5) is 11.0. The van der Waals surface area contributed by atoms with Gasteiger partial charge in [0, 0.05) is 6.54 Å². The van der Waals surface area contributed by atoms with Gasteiger partial charge in [0.15, 0.2) is 0 Å². The minimum absolute atomic E-state index is 0.206. The number of hydrogen-bond acceptors (Lipinski definition) is 3. The van der Waals surface area contributed by atoms with E-state index in [4.69, 9.17) is 9.47 Å². The van der Waals surface area contributed by atoms with Crippen LogP contribution in [0.2, 0.25) is 0 Å². The standard InChI is InChI=1S/C14H20.C8H15NO3.C2H6/c1-12-6-5-9-14(10-12)11-13-7-3-2-4-8-13;1-8(2,3)12-7(10)9-4-6-5-11-6;1-2/h5-6,9-10,13H,2-4,7-8,11H2,1H3;6H,4-5H2,1-3H3,(H,9,10);1-2H3/t;6-;/m.0./s1. The Morgan fingerprint density at radius 1 is 1.18 bits per heavy atom. The third-order valence-electron chi connectivity index (χ3n) is 4.61. The third kappa shape index (κ3) is 12.0. The van der Waals surface area contributed by atoms with Crippen LogP contribution >= 0.6 is 0 Å². The second-order valence-electron chi connectivity index (χ2n) is 8.54. The highest BCUT2D eigenvalue weighted by molar-refractivity contribution is 5.67. The molecule has 2 aliphatic rings. The zero-order valence-electron chi connectivity index (χ0n) is 18.8. The molecule has 0 bridgehead atoms. The molecule has 0 unspecified atom stereocenters. The molecule has 4 nitrogen and oxygen atoms in total.